The maximum Gasteiger partial charge on any atom is 0.167 e. The van der Waals surface area contributed by atoms with Gasteiger partial charge in [-0.3, -0.25) is 4.57 Å². The first-order chi connectivity index (χ1) is 10.6. The van der Waals surface area contributed by atoms with Crippen LogP contribution in [0.25, 0.3) is 11.2 Å². The molecular formula is C14H21N5O3. The van der Waals surface area contributed by atoms with Gasteiger partial charge in [-0.15, -0.1) is 0 Å². The van der Waals surface area contributed by atoms with E-state index in [9.17, 15) is 10.2 Å². The minimum absolute atomic E-state index is 0.208. The Morgan fingerprint density at radius 1 is 1.41 bits per heavy atom. The average Bonchev–Trinajstić information content (AvgIpc) is 3.08. The summed E-state index contributed by atoms with van der Waals surface area (Å²) in [5.74, 6) is 1.18. The van der Waals surface area contributed by atoms with Crippen LogP contribution in [0.15, 0.2) is 12.7 Å². The summed E-state index contributed by atoms with van der Waals surface area (Å²) in [5, 5.41) is 22.3. The summed E-state index contributed by atoms with van der Waals surface area (Å²) in [5.41, 5.74) is 1.32. The number of hydrogen-bond donors (Lipinski definition) is 3. The molecule has 8 nitrogen and oxygen atoms in total. The maximum absolute atomic E-state index is 9.87. The highest BCUT2D eigenvalue weighted by molar-refractivity contribution is 5.82. The Bertz CT molecular complexity index is 644. The first kappa shape index (κ1) is 15.1. The van der Waals surface area contributed by atoms with Crippen LogP contribution in [0.3, 0.4) is 0 Å². The van der Waals surface area contributed by atoms with Crippen molar-refractivity contribution in [2.24, 2.45) is 5.92 Å². The van der Waals surface area contributed by atoms with Crippen molar-refractivity contribution in [1.82, 2.24) is 19.5 Å². The van der Waals surface area contributed by atoms with Crippen molar-refractivity contribution in [2.75, 3.05) is 18.5 Å². The summed E-state index contributed by atoms with van der Waals surface area (Å²) in [6, 6.07) is 0. The fourth-order valence-electron chi connectivity index (χ4n) is 2.54. The smallest absolute Gasteiger partial charge is 0.167 e. The molecule has 120 valence electrons. The molecule has 2 aromatic heterocycles. The van der Waals surface area contributed by atoms with Gasteiger partial charge in [0.05, 0.1) is 19.0 Å². The Hall–Kier alpha value is -1.77. The highest BCUT2D eigenvalue weighted by atomic mass is 16.5. The van der Waals surface area contributed by atoms with E-state index in [2.05, 4.69) is 34.1 Å². The molecule has 0 amide bonds. The second-order valence-electron chi connectivity index (χ2n) is 5.94. The van der Waals surface area contributed by atoms with Crippen molar-refractivity contribution in [3.63, 3.8) is 0 Å². The van der Waals surface area contributed by atoms with Crippen LogP contribution in [0.5, 0.6) is 0 Å². The Kier molecular flexibility index (Phi) is 4.23. The van der Waals surface area contributed by atoms with Crippen molar-refractivity contribution in [2.45, 2.75) is 38.7 Å². The summed E-state index contributed by atoms with van der Waals surface area (Å²) >= 11 is 0. The summed E-state index contributed by atoms with van der Waals surface area (Å²) in [6.45, 7) is 4.82. The molecule has 3 atom stereocenters. The van der Waals surface area contributed by atoms with E-state index < -0.39 is 12.2 Å². The van der Waals surface area contributed by atoms with Crippen molar-refractivity contribution in [1.29, 1.82) is 0 Å². The van der Waals surface area contributed by atoms with Crippen LogP contribution in [0.2, 0.25) is 0 Å². The molecule has 0 bridgehead atoms. The molecule has 2 aromatic rings. The molecule has 22 heavy (non-hydrogen) atoms. The molecule has 1 fully saturated rings. The Balaban J connectivity index is 1.88. The third-order valence-corrected chi connectivity index (χ3v) is 3.73. The van der Waals surface area contributed by atoms with E-state index in [0.717, 1.165) is 6.54 Å². The molecule has 0 radical (unpaired) electrons. The van der Waals surface area contributed by atoms with Gasteiger partial charge in [0, 0.05) is 13.0 Å². The largest absolute Gasteiger partial charge is 0.394 e. The van der Waals surface area contributed by atoms with Gasteiger partial charge in [-0.25, -0.2) is 15.0 Å². The minimum atomic E-state index is -0.687. The number of anilines is 1. The lowest BCUT2D eigenvalue weighted by atomic mass is 10.2. The van der Waals surface area contributed by atoms with Crippen molar-refractivity contribution in [3.8, 4) is 0 Å². The van der Waals surface area contributed by atoms with E-state index in [0.29, 0.717) is 29.3 Å². The van der Waals surface area contributed by atoms with Crippen LogP contribution < -0.4 is 5.32 Å². The van der Waals surface area contributed by atoms with E-state index >= 15 is 0 Å². The molecule has 0 aliphatic carbocycles. The SMILES string of the molecule is CC(C)CNc1ncnc2c1ncn2[C@H]1C[C@H](O)[C@@H](CO)O1. The number of rotatable bonds is 5. The zero-order valence-corrected chi connectivity index (χ0v) is 12.7. The normalized spacial score (nSPS) is 25.2. The Labute approximate surface area is 128 Å². The molecule has 0 spiro atoms. The lowest BCUT2D eigenvalue weighted by molar-refractivity contribution is -0.0432. The second-order valence-corrected chi connectivity index (χ2v) is 5.94. The van der Waals surface area contributed by atoms with E-state index in [4.69, 9.17) is 4.74 Å². The predicted octanol–water partition coefficient (Wildman–Crippen LogP) is 0.535. The zero-order chi connectivity index (χ0) is 15.7. The van der Waals surface area contributed by atoms with E-state index in [-0.39, 0.29) is 12.8 Å². The molecule has 3 heterocycles. The van der Waals surface area contributed by atoms with Crippen molar-refractivity contribution in [3.05, 3.63) is 12.7 Å². The predicted molar refractivity (Wildman–Crippen MR) is 80.3 cm³/mol. The van der Waals surface area contributed by atoms with Crippen LogP contribution in [0.4, 0.5) is 5.82 Å². The molecule has 1 saturated heterocycles. The van der Waals surface area contributed by atoms with Gasteiger partial charge in [0.2, 0.25) is 0 Å². The fraction of sp³-hybridized carbons (Fsp3) is 0.643. The molecule has 3 rings (SSSR count). The maximum atomic E-state index is 9.87. The van der Waals surface area contributed by atoms with E-state index in [1.807, 2.05) is 0 Å². The summed E-state index contributed by atoms with van der Waals surface area (Å²) in [6.07, 6.45) is 1.88. The van der Waals surface area contributed by atoms with Crippen LogP contribution >= 0.6 is 0 Å². The van der Waals surface area contributed by atoms with Gasteiger partial charge in [0.25, 0.3) is 0 Å². The number of nitrogens with one attached hydrogen (secondary N) is 1. The van der Waals surface area contributed by atoms with Crippen LogP contribution in [0, 0.1) is 5.92 Å². The number of aliphatic hydroxyl groups is 2. The quantitative estimate of drug-likeness (QED) is 0.740. The van der Waals surface area contributed by atoms with E-state index in [1.165, 1.54) is 6.33 Å². The van der Waals surface area contributed by atoms with Gasteiger partial charge in [-0.2, -0.15) is 0 Å². The zero-order valence-electron chi connectivity index (χ0n) is 12.7. The highest BCUT2D eigenvalue weighted by Crippen LogP contribution is 2.31. The van der Waals surface area contributed by atoms with Gasteiger partial charge in [-0.1, -0.05) is 13.8 Å². The number of imidazole rings is 1. The molecular weight excluding hydrogens is 286 g/mol. The molecule has 0 unspecified atom stereocenters. The topological polar surface area (TPSA) is 105 Å². The van der Waals surface area contributed by atoms with Gasteiger partial charge in [-0.05, 0) is 5.92 Å². The van der Waals surface area contributed by atoms with Gasteiger partial charge in [0.15, 0.2) is 17.0 Å². The monoisotopic (exact) mass is 307 g/mol. The standard InChI is InChI=1S/C14H21N5O3/c1-8(2)4-15-13-12-14(17-6-16-13)19(7-18-12)11-3-9(21)10(5-20)22-11/h6-11,20-21H,3-5H2,1-2H3,(H,15,16,17)/t9-,10+,11+/m0/s1. The molecule has 0 aromatic carbocycles. The Morgan fingerprint density at radius 2 is 2.23 bits per heavy atom. The summed E-state index contributed by atoms with van der Waals surface area (Å²) in [4.78, 5) is 12.9. The number of hydrogen-bond acceptors (Lipinski definition) is 7. The van der Waals surface area contributed by atoms with Gasteiger partial charge in [0.1, 0.15) is 18.7 Å². The van der Waals surface area contributed by atoms with Crippen LogP contribution in [-0.4, -0.2) is 55.1 Å². The number of nitrogens with zero attached hydrogens (tertiary/aromatic N) is 4. The molecule has 1 aliphatic heterocycles. The first-order valence-corrected chi connectivity index (χ1v) is 7.46. The third-order valence-electron chi connectivity index (χ3n) is 3.73. The average molecular weight is 307 g/mol. The molecule has 0 saturated carbocycles. The molecule has 1 aliphatic rings. The number of fused-ring (bicyclic) bond motifs is 1. The highest BCUT2D eigenvalue weighted by Gasteiger charge is 2.35. The first-order valence-electron chi connectivity index (χ1n) is 7.46. The van der Waals surface area contributed by atoms with Gasteiger partial charge >= 0.3 is 0 Å². The lowest BCUT2D eigenvalue weighted by Gasteiger charge is -2.14. The number of aliphatic hydroxyl groups excluding tert-OH is 2. The molecule has 3 N–H and O–H groups in total. The van der Waals surface area contributed by atoms with E-state index in [1.54, 1.807) is 10.9 Å². The second kappa shape index (κ2) is 6.15. The summed E-state index contributed by atoms with van der Waals surface area (Å²) in [7, 11) is 0. The van der Waals surface area contributed by atoms with Gasteiger partial charge < -0.3 is 20.3 Å². The number of ether oxygens (including phenoxy) is 1. The fourth-order valence-corrected chi connectivity index (χ4v) is 2.54. The lowest BCUT2D eigenvalue weighted by Crippen LogP contribution is -2.24. The number of aromatic nitrogens is 4. The van der Waals surface area contributed by atoms with Crippen molar-refractivity contribution >= 4 is 17.0 Å². The van der Waals surface area contributed by atoms with Crippen molar-refractivity contribution < 1.29 is 14.9 Å². The van der Waals surface area contributed by atoms with Crippen LogP contribution in [-0.2, 0) is 4.74 Å². The minimum Gasteiger partial charge on any atom is -0.394 e. The summed E-state index contributed by atoms with van der Waals surface area (Å²) < 4.78 is 7.43. The Morgan fingerprint density at radius 3 is 2.91 bits per heavy atom. The molecule has 8 heteroatoms. The third kappa shape index (κ3) is 2.77. The van der Waals surface area contributed by atoms with Crippen LogP contribution in [0.1, 0.15) is 26.5 Å².